The average Bonchev–Trinajstić information content (AvgIpc) is 2.76. The highest BCUT2D eigenvalue weighted by Gasteiger charge is 2.26. The predicted octanol–water partition coefficient (Wildman–Crippen LogP) is 5.03. The molecule has 19 heavy (non-hydrogen) atoms. The van der Waals surface area contributed by atoms with Crippen molar-refractivity contribution in [2.45, 2.75) is 4.90 Å². The number of para-hydroxylation sites is 1. The van der Waals surface area contributed by atoms with Gasteiger partial charge in [0, 0.05) is 17.2 Å². The van der Waals surface area contributed by atoms with Crippen LogP contribution in [0.3, 0.4) is 0 Å². The Bertz CT molecular complexity index is 641. The van der Waals surface area contributed by atoms with E-state index in [9.17, 15) is 4.79 Å². The Labute approximate surface area is 136 Å². The van der Waals surface area contributed by atoms with E-state index in [-0.39, 0.29) is 5.91 Å². The molecule has 98 valence electrons. The summed E-state index contributed by atoms with van der Waals surface area (Å²) >= 11 is 10.2. The molecule has 0 aliphatic carbocycles. The van der Waals surface area contributed by atoms with E-state index in [1.807, 2.05) is 29.2 Å². The molecule has 2 heterocycles. The van der Waals surface area contributed by atoms with Crippen molar-refractivity contribution in [2.24, 2.45) is 0 Å². The summed E-state index contributed by atoms with van der Waals surface area (Å²) < 4.78 is 1.84. The minimum absolute atomic E-state index is 0.0570. The summed E-state index contributed by atoms with van der Waals surface area (Å²) in [6, 6.07) is 9.94. The molecular formula is C13H9Br2NOS2. The monoisotopic (exact) mass is 417 g/mol. The fraction of sp³-hybridized carbons (Fsp3) is 0.154. The number of thioether (sulfide) groups is 1. The molecule has 3 rings (SSSR count). The maximum atomic E-state index is 12.7. The van der Waals surface area contributed by atoms with Crippen LogP contribution in [0.25, 0.3) is 0 Å². The molecule has 1 aromatic heterocycles. The number of amides is 1. The first-order chi connectivity index (χ1) is 9.16. The zero-order valence-electron chi connectivity index (χ0n) is 9.73. The van der Waals surface area contributed by atoms with Crippen LogP contribution in [-0.4, -0.2) is 18.2 Å². The number of hydrogen-bond donors (Lipinski definition) is 0. The van der Waals surface area contributed by atoms with Gasteiger partial charge in [0.05, 0.1) is 18.8 Å². The lowest BCUT2D eigenvalue weighted by Gasteiger charge is -2.28. The number of carbonyl (C=O) groups is 1. The molecule has 6 heteroatoms. The molecule has 2 nitrogen and oxygen atoms in total. The van der Waals surface area contributed by atoms with E-state index in [2.05, 4.69) is 37.9 Å². The third-order valence-corrected chi connectivity index (χ3v) is 6.24. The number of nitrogens with zero attached hydrogens (tertiary/aromatic N) is 1. The Hall–Kier alpha value is -0.300. The molecule has 0 saturated heterocycles. The van der Waals surface area contributed by atoms with Crippen LogP contribution < -0.4 is 4.90 Å². The Morgan fingerprint density at radius 3 is 2.79 bits per heavy atom. The number of rotatable bonds is 1. The Morgan fingerprint density at radius 1 is 1.26 bits per heavy atom. The van der Waals surface area contributed by atoms with Crippen LogP contribution >= 0.6 is 55.0 Å². The number of fused-ring (bicyclic) bond motifs is 1. The lowest BCUT2D eigenvalue weighted by Crippen LogP contribution is -2.35. The number of hydrogen-bond acceptors (Lipinski definition) is 3. The van der Waals surface area contributed by atoms with Gasteiger partial charge in [0.1, 0.15) is 0 Å². The van der Waals surface area contributed by atoms with E-state index >= 15 is 0 Å². The first-order valence-corrected chi connectivity index (χ1v) is 9.04. The van der Waals surface area contributed by atoms with Gasteiger partial charge in [-0.1, -0.05) is 12.1 Å². The summed E-state index contributed by atoms with van der Waals surface area (Å²) in [5.74, 6) is 0.993. The molecule has 0 bridgehead atoms. The van der Waals surface area contributed by atoms with E-state index in [1.165, 1.54) is 16.2 Å². The lowest BCUT2D eigenvalue weighted by atomic mass is 10.2. The number of halogens is 2. The molecule has 0 fully saturated rings. The normalized spacial score (nSPS) is 14.3. The van der Waals surface area contributed by atoms with Gasteiger partial charge in [-0.25, -0.2) is 0 Å². The Morgan fingerprint density at radius 2 is 2.05 bits per heavy atom. The third kappa shape index (κ3) is 2.63. The second-order valence-corrected chi connectivity index (χ2v) is 8.90. The maximum Gasteiger partial charge on any atom is 0.260 e. The minimum Gasteiger partial charge on any atom is -0.306 e. The standard InChI is InChI=1S/C13H9Br2NOS2/c14-11-7-8(12(15)19-11)13(17)16-5-6-18-10-4-2-1-3-9(10)16/h1-4,7H,5-6H2. The fourth-order valence-electron chi connectivity index (χ4n) is 2.01. The SMILES string of the molecule is O=C(c1cc(Br)sc1Br)N1CCSc2ccccc21. The van der Waals surface area contributed by atoms with Gasteiger partial charge in [-0.2, -0.15) is 0 Å². The Balaban J connectivity index is 2.00. The van der Waals surface area contributed by atoms with Gasteiger partial charge < -0.3 is 4.90 Å². The van der Waals surface area contributed by atoms with Crippen LogP contribution in [0.5, 0.6) is 0 Å². The number of benzene rings is 1. The molecule has 0 unspecified atom stereocenters. The molecule has 1 aliphatic heterocycles. The van der Waals surface area contributed by atoms with Crippen molar-refractivity contribution in [3.8, 4) is 0 Å². The Kier molecular flexibility index (Phi) is 4.03. The van der Waals surface area contributed by atoms with Crippen molar-refractivity contribution in [3.63, 3.8) is 0 Å². The number of thiophene rings is 1. The highest BCUT2D eigenvalue weighted by atomic mass is 79.9. The molecule has 1 aliphatic rings. The van der Waals surface area contributed by atoms with Crippen LogP contribution in [0.15, 0.2) is 42.8 Å². The first kappa shape index (κ1) is 13.7. The van der Waals surface area contributed by atoms with Crippen LogP contribution in [0.2, 0.25) is 0 Å². The lowest BCUT2D eigenvalue weighted by molar-refractivity contribution is 0.0987. The van der Waals surface area contributed by atoms with Gasteiger partial charge in [-0.05, 0) is 50.1 Å². The summed E-state index contributed by atoms with van der Waals surface area (Å²) in [7, 11) is 0. The van der Waals surface area contributed by atoms with Gasteiger partial charge in [0.15, 0.2) is 0 Å². The molecule has 0 spiro atoms. The molecule has 0 N–H and O–H groups in total. The highest BCUT2D eigenvalue weighted by Crippen LogP contribution is 2.38. The number of carbonyl (C=O) groups excluding carboxylic acids is 1. The summed E-state index contributed by atoms with van der Waals surface area (Å²) in [5, 5.41) is 0. The molecule has 0 atom stereocenters. The smallest absolute Gasteiger partial charge is 0.260 e. The first-order valence-electron chi connectivity index (χ1n) is 5.65. The highest BCUT2D eigenvalue weighted by molar-refractivity contribution is 9.12. The van der Waals surface area contributed by atoms with Crippen molar-refractivity contribution >= 4 is 66.6 Å². The van der Waals surface area contributed by atoms with Crippen LogP contribution in [0, 0.1) is 0 Å². The molecule has 0 radical (unpaired) electrons. The molecule has 1 amide bonds. The van der Waals surface area contributed by atoms with Crippen molar-refractivity contribution in [1.29, 1.82) is 0 Å². The summed E-state index contributed by atoms with van der Waals surface area (Å²) in [6.07, 6.45) is 0. The topological polar surface area (TPSA) is 20.3 Å². The van der Waals surface area contributed by atoms with Crippen molar-refractivity contribution < 1.29 is 4.79 Å². The third-order valence-electron chi connectivity index (χ3n) is 2.86. The largest absolute Gasteiger partial charge is 0.306 e. The van der Waals surface area contributed by atoms with E-state index < -0.39 is 0 Å². The summed E-state index contributed by atoms with van der Waals surface area (Å²) in [5.41, 5.74) is 1.73. The van der Waals surface area contributed by atoms with Crippen molar-refractivity contribution in [3.05, 3.63) is 43.5 Å². The quantitative estimate of drug-likeness (QED) is 0.647. The predicted molar refractivity (Wildman–Crippen MR) is 88.6 cm³/mol. The zero-order chi connectivity index (χ0) is 13.4. The van der Waals surface area contributed by atoms with Gasteiger partial charge >= 0.3 is 0 Å². The van der Waals surface area contributed by atoms with Gasteiger partial charge in [-0.3, -0.25) is 4.79 Å². The maximum absolute atomic E-state index is 12.7. The van der Waals surface area contributed by atoms with Gasteiger partial charge in [0.25, 0.3) is 5.91 Å². The zero-order valence-corrected chi connectivity index (χ0v) is 14.5. The summed E-state index contributed by atoms with van der Waals surface area (Å²) in [6.45, 7) is 0.750. The second kappa shape index (κ2) is 5.60. The average molecular weight is 419 g/mol. The van der Waals surface area contributed by atoms with E-state index in [1.54, 1.807) is 11.8 Å². The fourth-order valence-corrected chi connectivity index (χ4v) is 5.78. The van der Waals surface area contributed by atoms with Crippen LogP contribution in [-0.2, 0) is 0 Å². The molecular weight excluding hydrogens is 410 g/mol. The summed E-state index contributed by atoms with van der Waals surface area (Å²) in [4.78, 5) is 15.7. The van der Waals surface area contributed by atoms with Crippen LogP contribution in [0.1, 0.15) is 10.4 Å². The van der Waals surface area contributed by atoms with Crippen molar-refractivity contribution in [2.75, 3.05) is 17.2 Å². The van der Waals surface area contributed by atoms with Crippen LogP contribution in [0.4, 0.5) is 5.69 Å². The van der Waals surface area contributed by atoms with E-state index in [0.29, 0.717) is 0 Å². The molecule has 1 aromatic carbocycles. The van der Waals surface area contributed by atoms with Gasteiger partial charge in [-0.15, -0.1) is 23.1 Å². The molecule has 2 aromatic rings. The van der Waals surface area contributed by atoms with Gasteiger partial charge in [0.2, 0.25) is 0 Å². The number of anilines is 1. The molecule has 0 saturated carbocycles. The van der Waals surface area contributed by atoms with E-state index in [0.717, 1.165) is 31.1 Å². The minimum atomic E-state index is 0.0570. The van der Waals surface area contributed by atoms with E-state index in [4.69, 9.17) is 0 Å². The van der Waals surface area contributed by atoms with Crippen molar-refractivity contribution in [1.82, 2.24) is 0 Å². The second-order valence-electron chi connectivity index (χ2n) is 4.01.